The van der Waals surface area contributed by atoms with Crippen molar-refractivity contribution in [1.82, 2.24) is 0 Å². The summed E-state index contributed by atoms with van der Waals surface area (Å²) in [6.45, 7) is 1.67. The lowest BCUT2D eigenvalue weighted by molar-refractivity contribution is -0.118. The van der Waals surface area contributed by atoms with Gasteiger partial charge in [0, 0.05) is 12.1 Å². The van der Waals surface area contributed by atoms with Gasteiger partial charge in [-0.1, -0.05) is 0 Å². The molecule has 0 aliphatic heterocycles. The van der Waals surface area contributed by atoms with Crippen LogP contribution in [0.25, 0.3) is 0 Å². The molecule has 0 aromatic heterocycles. The van der Waals surface area contributed by atoms with Crippen LogP contribution in [0, 0.1) is 23.0 Å². The smallest absolute Gasteiger partial charge is 0.262 e. The zero-order valence-corrected chi connectivity index (χ0v) is 14.7. The number of ether oxygens (including phenoxy) is 2. The Kier molecular flexibility index (Phi) is 6.31. The van der Waals surface area contributed by atoms with E-state index < -0.39 is 24.1 Å². The number of carbonyl (C=O) groups excluding carboxylic acids is 1. The second-order valence-electron chi connectivity index (χ2n) is 4.79. The van der Waals surface area contributed by atoms with Gasteiger partial charge in [0.15, 0.2) is 18.1 Å². The standard InChI is InChI=1S/C17H13BrF2N2O3/c1-2-24-15-6-10(8-21)5-12(18)17(15)25-9-16(23)22-14-4-3-11(19)7-13(14)20/h3-7H,2,9H2,1H3,(H,22,23). The number of amides is 1. The van der Waals surface area contributed by atoms with Gasteiger partial charge < -0.3 is 14.8 Å². The van der Waals surface area contributed by atoms with E-state index in [1.54, 1.807) is 6.92 Å². The fourth-order valence-corrected chi connectivity index (χ4v) is 2.51. The Morgan fingerprint density at radius 2 is 2.04 bits per heavy atom. The van der Waals surface area contributed by atoms with E-state index in [1.165, 1.54) is 12.1 Å². The highest BCUT2D eigenvalue weighted by Crippen LogP contribution is 2.36. The van der Waals surface area contributed by atoms with Gasteiger partial charge in [-0.25, -0.2) is 8.78 Å². The van der Waals surface area contributed by atoms with Gasteiger partial charge in [-0.3, -0.25) is 4.79 Å². The summed E-state index contributed by atoms with van der Waals surface area (Å²) in [6.07, 6.45) is 0. The van der Waals surface area contributed by atoms with Crippen LogP contribution in [0.1, 0.15) is 12.5 Å². The monoisotopic (exact) mass is 410 g/mol. The molecule has 130 valence electrons. The number of hydrogen-bond acceptors (Lipinski definition) is 4. The molecule has 8 heteroatoms. The van der Waals surface area contributed by atoms with Crippen molar-refractivity contribution in [3.05, 3.63) is 52.0 Å². The van der Waals surface area contributed by atoms with Crippen LogP contribution >= 0.6 is 15.9 Å². The second-order valence-corrected chi connectivity index (χ2v) is 5.65. The molecule has 2 aromatic rings. The Morgan fingerprint density at radius 3 is 2.68 bits per heavy atom. The van der Waals surface area contributed by atoms with Crippen LogP contribution in [0.3, 0.4) is 0 Å². The molecular weight excluding hydrogens is 398 g/mol. The first-order valence-corrected chi connectivity index (χ1v) is 7.98. The van der Waals surface area contributed by atoms with E-state index in [9.17, 15) is 13.6 Å². The Labute approximate surface area is 151 Å². The van der Waals surface area contributed by atoms with Gasteiger partial charge in [0.2, 0.25) is 0 Å². The summed E-state index contributed by atoms with van der Waals surface area (Å²) in [5.74, 6) is -1.72. The van der Waals surface area contributed by atoms with Gasteiger partial charge in [0.25, 0.3) is 5.91 Å². The summed E-state index contributed by atoms with van der Waals surface area (Å²) in [4.78, 5) is 11.9. The van der Waals surface area contributed by atoms with Gasteiger partial charge in [0.1, 0.15) is 11.6 Å². The minimum absolute atomic E-state index is 0.154. The maximum atomic E-state index is 13.5. The van der Waals surface area contributed by atoms with Gasteiger partial charge in [-0.15, -0.1) is 0 Å². The largest absolute Gasteiger partial charge is 0.490 e. The molecule has 0 aliphatic carbocycles. The maximum absolute atomic E-state index is 13.5. The molecule has 0 saturated heterocycles. The van der Waals surface area contributed by atoms with Crippen LogP contribution in [0.5, 0.6) is 11.5 Å². The number of benzene rings is 2. The fourth-order valence-electron chi connectivity index (χ4n) is 1.95. The Morgan fingerprint density at radius 1 is 1.28 bits per heavy atom. The Bertz CT molecular complexity index is 837. The number of rotatable bonds is 6. The van der Waals surface area contributed by atoms with Gasteiger partial charge in [-0.2, -0.15) is 5.26 Å². The maximum Gasteiger partial charge on any atom is 0.262 e. The highest BCUT2D eigenvalue weighted by atomic mass is 79.9. The molecule has 2 aromatic carbocycles. The van der Waals surface area contributed by atoms with Crippen LogP contribution in [0.2, 0.25) is 0 Å². The molecule has 1 amide bonds. The summed E-state index contributed by atoms with van der Waals surface area (Å²) >= 11 is 3.26. The molecule has 1 N–H and O–H groups in total. The molecule has 0 aliphatic rings. The van der Waals surface area contributed by atoms with Crippen LogP contribution in [-0.2, 0) is 4.79 Å². The number of nitriles is 1. The number of anilines is 1. The molecule has 0 atom stereocenters. The summed E-state index contributed by atoms with van der Waals surface area (Å²) in [5, 5.41) is 11.3. The van der Waals surface area contributed by atoms with Crippen LogP contribution < -0.4 is 14.8 Å². The summed E-state index contributed by atoms with van der Waals surface area (Å²) in [5.41, 5.74) is 0.208. The van der Waals surface area contributed by atoms with Gasteiger partial charge in [0.05, 0.1) is 28.4 Å². The van der Waals surface area contributed by atoms with E-state index >= 15 is 0 Å². The third kappa shape index (κ3) is 4.90. The number of carbonyl (C=O) groups is 1. The molecule has 5 nitrogen and oxygen atoms in total. The van der Waals surface area contributed by atoms with Crippen molar-refractivity contribution >= 4 is 27.5 Å². The number of nitrogens with zero attached hydrogens (tertiary/aromatic N) is 1. The molecule has 0 spiro atoms. The molecule has 0 bridgehead atoms. The van der Waals surface area contributed by atoms with Crippen molar-refractivity contribution in [2.75, 3.05) is 18.5 Å². The average Bonchev–Trinajstić information content (AvgIpc) is 2.56. The average molecular weight is 411 g/mol. The number of halogens is 3. The first kappa shape index (κ1) is 18.7. The predicted octanol–water partition coefficient (Wildman–Crippen LogP) is 4.02. The summed E-state index contributed by atoms with van der Waals surface area (Å²) in [7, 11) is 0. The Balaban J connectivity index is 2.10. The number of nitrogens with one attached hydrogen (secondary N) is 1. The molecule has 0 heterocycles. The van der Waals surface area contributed by atoms with E-state index in [-0.39, 0.29) is 11.4 Å². The van der Waals surface area contributed by atoms with Crippen LogP contribution in [0.4, 0.5) is 14.5 Å². The van der Waals surface area contributed by atoms with E-state index in [1.807, 2.05) is 6.07 Å². The molecular formula is C17H13BrF2N2O3. The molecule has 0 radical (unpaired) electrons. The zero-order chi connectivity index (χ0) is 18.4. The Hall–Kier alpha value is -2.66. The van der Waals surface area contributed by atoms with Crippen LogP contribution in [0.15, 0.2) is 34.8 Å². The van der Waals surface area contributed by atoms with Crippen molar-refractivity contribution in [3.8, 4) is 17.6 Å². The van der Waals surface area contributed by atoms with Crippen LogP contribution in [-0.4, -0.2) is 19.1 Å². The third-order valence-corrected chi connectivity index (χ3v) is 3.58. The summed E-state index contributed by atoms with van der Waals surface area (Å²) < 4.78 is 37.7. The highest BCUT2D eigenvalue weighted by Gasteiger charge is 2.15. The van der Waals surface area contributed by atoms with Crippen molar-refractivity contribution in [3.63, 3.8) is 0 Å². The van der Waals surface area contributed by atoms with Crippen molar-refractivity contribution in [1.29, 1.82) is 5.26 Å². The molecule has 0 saturated carbocycles. The lowest BCUT2D eigenvalue weighted by Crippen LogP contribution is -2.21. The zero-order valence-electron chi connectivity index (χ0n) is 13.1. The predicted molar refractivity (Wildman–Crippen MR) is 90.5 cm³/mol. The molecule has 25 heavy (non-hydrogen) atoms. The fraction of sp³-hybridized carbons (Fsp3) is 0.176. The molecule has 0 unspecified atom stereocenters. The normalized spacial score (nSPS) is 10.0. The number of hydrogen-bond donors (Lipinski definition) is 1. The van der Waals surface area contributed by atoms with Gasteiger partial charge in [-0.05, 0) is 41.1 Å². The molecule has 0 fully saturated rings. The van der Waals surface area contributed by atoms with E-state index in [4.69, 9.17) is 14.7 Å². The quantitative estimate of drug-likeness (QED) is 0.780. The first-order chi connectivity index (χ1) is 11.9. The minimum atomic E-state index is -0.886. The van der Waals surface area contributed by atoms with Crippen molar-refractivity contribution < 1.29 is 23.0 Å². The lowest BCUT2D eigenvalue weighted by atomic mass is 10.2. The van der Waals surface area contributed by atoms with Gasteiger partial charge >= 0.3 is 0 Å². The van der Waals surface area contributed by atoms with Crippen molar-refractivity contribution in [2.45, 2.75) is 6.92 Å². The van der Waals surface area contributed by atoms with E-state index in [0.717, 1.165) is 12.1 Å². The summed E-state index contributed by atoms with van der Waals surface area (Å²) in [6, 6.07) is 7.81. The first-order valence-electron chi connectivity index (χ1n) is 7.18. The SMILES string of the molecule is CCOc1cc(C#N)cc(Br)c1OCC(=O)Nc1ccc(F)cc1F. The highest BCUT2D eigenvalue weighted by molar-refractivity contribution is 9.10. The van der Waals surface area contributed by atoms with E-state index in [2.05, 4.69) is 21.2 Å². The second kappa shape index (κ2) is 8.44. The molecule has 2 rings (SSSR count). The van der Waals surface area contributed by atoms with Crippen molar-refractivity contribution in [2.24, 2.45) is 0 Å². The third-order valence-electron chi connectivity index (χ3n) is 2.99. The minimum Gasteiger partial charge on any atom is -0.490 e. The lowest BCUT2D eigenvalue weighted by Gasteiger charge is -2.14. The van der Waals surface area contributed by atoms with E-state index in [0.29, 0.717) is 28.5 Å². The topological polar surface area (TPSA) is 71.3 Å².